The van der Waals surface area contributed by atoms with Crippen molar-refractivity contribution in [2.24, 2.45) is 11.5 Å². The number of β-lactam (4-membered cyclic amide) rings is 1. The number of hydrogen-bond donors (Lipinski definition) is 3. The standard InChI is InChI=1S/C9H11N3O5S/c10-7-3(2-17-9(11)16)6(8(14)15)12-4(13)1-5(12)18-7/h5,7H,1-2,10H2,(H2,11,16)(H,14,15)/t5-,7?/m1/s1. The summed E-state index contributed by atoms with van der Waals surface area (Å²) in [4.78, 5) is 34.3. The van der Waals surface area contributed by atoms with Crippen molar-refractivity contribution in [2.45, 2.75) is 17.2 Å². The van der Waals surface area contributed by atoms with E-state index in [4.69, 9.17) is 16.6 Å². The lowest BCUT2D eigenvalue weighted by Crippen LogP contribution is -2.56. The fraction of sp³-hybridized carbons (Fsp3) is 0.444. The number of amides is 2. The van der Waals surface area contributed by atoms with Crippen LogP contribution in [0.25, 0.3) is 0 Å². The summed E-state index contributed by atoms with van der Waals surface area (Å²) < 4.78 is 4.56. The number of carboxylic acid groups (broad SMARTS) is 1. The second kappa shape index (κ2) is 4.50. The molecule has 1 unspecified atom stereocenters. The summed E-state index contributed by atoms with van der Waals surface area (Å²) in [7, 11) is 0. The Hall–Kier alpha value is -1.74. The molecule has 2 atom stereocenters. The highest BCUT2D eigenvalue weighted by Crippen LogP contribution is 2.42. The monoisotopic (exact) mass is 273 g/mol. The van der Waals surface area contributed by atoms with Crippen molar-refractivity contribution in [1.29, 1.82) is 0 Å². The molecule has 5 N–H and O–H groups in total. The molecular weight excluding hydrogens is 262 g/mol. The van der Waals surface area contributed by atoms with Gasteiger partial charge in [-0.25, -0.2) is 9.59 Å². The predicted octanol–water partition coefficient (Wildman–Crippen LogP) is -0.990. The molecule has 0 aromatic heterocycles. The van der Waals surface area contributed by atoms with Gasteiger partial charge in [0, 0.05) is 5.57 Å². The van der Waals surface area contributed by atoms with Gasteiger partial charge in [-0.15, -0.1) is 11.8 Å². The van der Waals surface area contributed by atoms with Crippen molar-refractivity contribution in [1.82, 2.24) is 4.90 Å². The summed E-state index contributed by atoms with van der Waals surface area (Å²) in [6.07, 6.45) is -0.763. The molecule has 0 saturated carbocycles. The Bertz CT molecular complexity index is 463. The van der Waals surface area contributed by atoms with Gasteiger partial charge in [0.2, 0.25) is 5.91 Å². The Morgan fingerprint density at radius 3 is 2.72 bits per heavy atom. The van der Waals surface area contributed by atoms with Gasteiger partial charge in [-0.2, -0.15) is 0 Å². The maximum absolute atomic E-state index is 11.4. The molecule has 1 fully saturated rings. The highest BCUT2D eigenvalue weighted by molar-refractivity contribution is 8.00. The zero-order chi connectivity index (χ0) is 13.4. The fourth-order valence-electron chi connectivity index (χ4n) is 1.85. The number of carboxylic acids is 1. The maximum atomic E-state index is 11.4. The summed E-state index contributed by atoms with van der Waals surface area (Å²) in [6, 6.07) is 0. The van der Waals surface area contributed by atoms with Crippen LogP contribution in [0.4, 0.5) is 4.79 Å². The number of carbonyl (C=O) groups excluding carboxylic acids is 2. The largest absolute Gasteiger partial charge is 0.477 e. The van der Waals surface area contributed by atoms with E-state index in [2.05, 4.69) is 4.74 Å². The number of rotatable bonds is 3. The molecule has 0 aromatic carbocycles. The molecule has 2 aliphatic rings. The molecule has 2 aliphatic heterocycles. The van der Waals surface area contributed by atoms with Crippen molar-refractivity contribution in [3.8, 4) is 0 Å². The van der Waals surface area contributed by atoms with E-state index in [-0.39, 0.29) is 35.6 Å². The Labute approximate surface area is 106 Å². The van der Waals surface area contributed by atoms with Gasteiger partial charge in [0.05, 0.1) is 17.2 Å². The van der Waals surface area contributed by atoms with Crippen LogP contribution in [0, 0.1) is 0 Å². The second-order valence-corrected chi connectivity index (χ2v) is 5.09. The van der Waals surface area contributed by atoms with Crippen LogP contribution in [0.1, 0.15) is 6.42 Å². The number of hydrogen-bond acceptors (Lipinski definition) is 6. The lowest BCUT2D eigenvalue weighted by atomic mass is 10.1. The SMILES string of the molecule is NC(=O)OCC1=C(C(=O)O)N2C(=O)C[C@H]2SC1N. The van der Waals surface area contributed by atoms with Gasteiger partial charge in [0.1, 0.15) is 12.3 Å². The molecule has 0 aromatic rings. The first kappa shape index (κ1) is 12.7. The molecule has 1 saturated heterocycles. The average Bonchev–Trinajstić information content (AvgIpc) is 2.25. The smallest absolute Gasteiger partial charge is 0.404 e. The molecule has 0 aliphatic carbocycles. The minimum Gasteiger partial charge on any atom is -0.477 e. The Morgan fingerprint density at radius 2 is 2.22 bits per heavy atom. The number of thioether (sulfide) groups is 1. The van der Waals surface area contributed by atoms with Crippen molar-refractivity contribution >= 4 is 29.7 Å². The normalized spacial score (nSPS) is 26.5. The first-order chi connectivity index (χ1) is 8.41. The fourth-order valence-corrected chi connectivity index (χ4v) is 3.11. The van der Waals surface area contributed by atoms with E-state index < -0.39 is 17.4 Å². The molecular formula is C9H11N3O5S. The highest BCUT2D eigenvalue weighted by atomic mass is 32.2. The molecule has 0 radical (unpaired) electrons. The zero-order valence-electron chi connectivity index (χ0n) is 9.16. The third-order valence-electron chi connectivity index (χ3n) is 2.67. The molecule has 2 heterocycles. The lowest BCUT2D eigenvalue weighted by molar-refractivity contribution is -0.146. The van der Waals surface area contributed by atoms with Gasteiger partial charge < -0.3 is 21.3 Å². The molecule has 8 nitrogen and oxygen atoms in total. The van der Waals surface area contributed by atoms with Gasteiger partial charge in [0.25, 0.3) is 0 Å². The van der Waals surface area contributed by atoms with E-state index in [1.54, 1.807) is 0 Å². The van der Waals surface area contributed by atoms with Crippen LogP contribution in [0.5, 0.6) is 0 Å². The summed E-state index contributed by atoms with van der Waals surface area (Å²) >= 11 is 1.25. The van der Waals surface area contributed by atoms with E-state index in [0.717, 1.165) is 4.90 Å². The third-order valence-corrected chi connectivity index (χ3v) is 3.94. The number of nitrogens with zero attached hydrogens (tertiary/aromatic N) is 1. The van der Waals surface area contributed by atoms with Gasteiger partial charge in [-0.1, -0.05) is 0 Å². The molecule has 98 valence electrons. The van der Waals surface area contributed by atoms with Crippen LogP contribution < -0.4 is 11.5 Å². The average molecular weight is 273 g/mol. The minimum absolute atomic E-state index is 0.176. The lowest BCUT2D eigenvalue weighted by Gasteiger charge is -2.45. The van der Waals surface area contributed by atoms with Crippen LogP contribution in [-0.4, -0.2) is 45.3 Å². The van der Waals surface area contributed by atoms with E-state index in [9.17, 15) is 14.4 Å². The van der Waals surface area contributed by atoms with Crippen LogP contribution in [0.3, 0.4) is 0 Å². The number of primary amides is 1. The zero-order valence-corrected chi connectivity index (χ0v) is 9.98. The van der Waals surface area contributed by atoms with Crippen molar-refractivity contribution in [2.75, 3.05) is 6.61 Å². The van der Waals surface area contributed by atoms with Gasteiger partial charge in [0.15, 0.2) is 0 Å². The van der Waals surface area contributed by atoms with E-state index in [1.807, 2.05) is 0 Å². The van der Waals surface area contributed by atoms with Gasteiger partial charge >= 0.3 is 12.1 Å². The molecule has 2 amide bonds. The maximum Gasteiger partial charge on any atom is 0.404 e. The molecule has 2 rings (SSSR count). The molecule has 0 bridgehead atoms. The van der Waals surface area contributed by atoms with E-state index >= 15 is 0 Å². The minimum atomic E-state index is -1.27. The first-order valence-electron chi connectivity index (χ1n) is 5.03. The van der Waals surface area contributed by atoms with Gasteiger partial charge in [-0.05, 0) is 0 Å². The Kier molecular flexibility index (Phi) is 3.18. The Morgan fingerprint density at radius 1 is 1.56 bits per heavy atom. The molecule has 0 spiro atoms. The van der Waals surface area contributed by atoms with Crippen molar-refractivity contribution in [3.05, 3.63) is 11.3 Å². The van der Waals surface area contributed by atoms with E-state index in [1.165, 1.54) is 11.8 Å². The number of aliphatic carboxylic acids is 1. The van der Waals surface area contributed by atoms with Crippen LogP contribution in [0.15, 0.2) is 11.3 Å². The summed E-state index contributed by atoms with van der Waals surface area (Å²) in [6.45, 7) is -0.332. The molecule has 18 heavy (non-hydrogen) atoms. The van der Waals surface area contributed by atoms with Gasteiger partial charge in [-0.3, -0.25) is 9.69 Å². The summed E-state index contributed by atoms with van der Waals surface area (Å²) in [5.74, 6) is -1.56. The van der Waals surface area contributed by atoms with Crippen molar-refractivity contribution in [3.63, 3.8) is 0 Å². The van der Waals surface area contributed by atoms with E-state index in [0.29, 0.717) is 0 Å². The number of fused-ring (bicyclic) bond motifs is 1. The topological polar surface area (TPSA) is 136 Å². The predicted molar refractivity (Wildman–Crippen MR) is 61.0 cm³/mol. The molecule has 9 heteroatoms. The van der Waals surface area contributed by atoms with Crippen LogP contribution in [0.2, 0.25) is 0 Å². The Balaban J connectivity index is 2.33. The first-order valence-corrected chi connectivity index (χ1v) is 5.97. The second-order valence-electron chi connectivity index (χ2n) is 3.77. The van der Waals surface area contributed by atoms with Crippen LogP contribution >= 0.6 is 11.8 Å². The number of ether oxygens (including phenoxy) is 1. The van der Waals surface area contributed by atoms with Crippen molar-refractivity contribution < 1.29 is 24.2 Å². The summed E-state index contributed by atoms with van der Waals surface area (Å²) in [5, 5.41) is 8.26. The number of carbonyl (C=O) groups is 3. The summed E-state index contributed by atoms with van der Waals surface area (Å²) in [5.41, 5.74) is 10.6. The number of nitrogens with two attached hydrogens (primary N) is 2. The quantitative estimate of drug-likeness (QED) is 0.561. The highest BCUT2D eigenvalue weighted by Gasteiger charge is 2.47. The van der Waals surface area contributed by atoms with Crippen LogP contribution in [-0.2, 0) is 14.3 Å². The third kappa shape index (κ3) is 2.02.